The summed E-state index contributed by atoms with van der Waals surface area (Å²) < 4.78 is 5.38. The van der Waals surface area contributed by atoms with Gasteiger partial charge in [-0.05, 0) is 32.9 Å². The van der Waals surface area contributed by atoms with Gasteiger partial charge in [0.25, 0.3) is 0 Å². The van der Waals surface area contributed by atoms with Gasteiger partial charge in [0.2, 0.25) is 0 Å². The fourth-order valence-electron chi connectivity index (χ4n) is 1.78. The maximum Gasteiger partial charge on any atom is 0.306 e. The molecule has 0 unspecified atom stereocenters. The van der Waals surface area contributed by atoms with Crippen LogP contribution in [0.4, 0.5) is 0 Å². The van der Waals surface area contributed by atoms with E-state index in [-0.39, 0.29) is 12.1 Å². The van der Waals surface area contributed by atoms with Crippen LogP contribution in [0.25, 0.3) is 0 Å². The fraction of sp³-hybridized carbons (Fsp3) is 0.909. The van der Waals surface area contributed by atoms with Crippen LogP contribution >= 0.6 is 0 Å². The van der Waals surface area contributed by atoms with Gasteiger partial charge in [-0.1, -0.05) is 13.3 Å². The van der Waals surface area contributed by atoms with E-state index < -0.39 is 0 Å². The molecule has 0 saturated carbocycles. The average molecular weight is 199 g/mol. The number of rotatable bonds is 4. The molecule has 0 amide bonds. The Labute approximate surface area is 86.4 Å². The van der Waals surface area contributed by atoms with Gasteiger partial charge in [-0.3, -0.25) is 4.79 Å². The van der Waals surface area contributed by atoms with Crippen molar-refractivity contribution in [2.24, 2.45) is 0 Å². The lowest BCUT2D eigenvalue weighted by Gasteiger charge is -2.29. The molecule has 0 N–H and O–H groups in total. The molecule has 1 fully saturated rings. The molecule has 14 heavy (non-hydrogen) atoms. The quantitative estimate of drug-likeness (QED) is 0.647. The first kappa shape index (κ1) is 11.5. The molecule has 1 saturated heterocycles. The maximum atomic E-state index is 11.3. The normalized spacial score (nSPS) is 23.4. The van der Waals surface area contributed by atoms with Crippen molar-refractivity contribution in [2.45, 2.75) is 45.1 Å². The van der Waals surface area contributed by atoms with Crippen molar-refractivity contribution in [3.05, 3.63) is 0 Å². The Morgan fingerprint density at radius 3 is 3.00 bits per heavy atom. The molecule has 0 bridgehead atoms. The Balaban J connectivity index is 2.18. The van der Waals surface area contributed by atoms with Gasteiger partial charge in [0.15, 0.2) is 0 Å². The second-order valence-electron chi connectivity index (χ2n) is 4.12. The Bertz CT molecular complexity index is 182. The molecule has 1 atom stereocenters. The zero-order chi connectivity index (χ0) is 10.4. The van der Waals surface area contributed by atoms with Crippen LogP contribution in [0.15, 0.2) is 0 Å². The van der Waals surface area contributed by atoms with Gasteiger partial charge in [-0.25, -0.2) is 0 Å². The van der Waals surface area contributed by atoms with Gasteiger partial charge in [-0.15, -0.1) is 0 Å². The van der Waals surface area contributed by atoms with Gasteiger partial charge in [0, 0.05) is 13.0 Å². The number of piperidine rings is 1. The van der Waals surface area contributed by atoms with Crippen molar-refractivity contribution >= 4 is 5.97 Å². The SMILES string of the molecule is CCCCC(=O)O[C@H]1CCCN(C)C1. The Morgan fingerprint density at radius 1 is 1.57 bits per heavy atom. The molecular formula is C11H21NO2. The van der Waals surface area contributed by atoms with Crippen LogP contribution < -0.4 is 0 Å². The van der Waals surface area contributed by atoms with E-state index in [2.05, 4.69) is 18.9 Å². The monoisotopic (exact) mass is 199 g/mol. The molecule has 3 heteroatoms. The summed E-state index contributed by atoms with van der Waals surface area (Å²) in [7, 11) is 2.08. The lowest BCUT2D eigenvalue weighted by atomic mass is 10.1. The third-order valence-electron chi connectivity index (χ3n) is 2.61. The molecule has 1 aliphatic rings. The highest BCUT2D eigenvalue weighted by Crippen LogP contribution is 2.12. The second-order valence-corrected chi connectivity index (χ2v) is 4.12. The number of carbonyl (C=O) groups excluding carboxylic acids is 1. The lowest BCUT2D eigenvalue weighted by molar-refractivity contribution is -0.151. The van der Waals surface area contributed by atoms with Gasteiger partial charge in [0.05, 0.1) is 0 Å². The number of hydrogen-bond donors (Lipinski definition) is 0. The third kappa shape index (κ3) is 4.09. The molecule has 0 spiro atoms. The molecular weight excluding hydrogens is 178 g/mol. The van der Waals surface area contributed by atoms with E-state index in [1.54, 1.807) is 0 Å². The van der Waals surface area contributed by atoms with Crippen molar-refractivity contribution in [3.63, 3.8) is 0 Å². The topological polar surface area (TPSA) is 29.5 Å². The first-order valence-corrected chi connectivity index (χ1v) is 5.60. The van der Waals surface area contributed by atoms with Crippen LogP contribution in [0.1, 0.15) is 39.0 Å². The Hall–Kier alpha value is -0.570. The van der Waals surface area contributed by atoms with E-state index in [0.717, 1.165) is 38.8 Å². The van der Waals surface area contributed by atoms with E-state index >= 15 is 0 Å². The van der Waals surface area contributed by atoms with E-state index in [1.807, 2.05) is 0 Å². The number of ether oxygens (including phenoxy) is 1. The third-order valence-corrected chi connectivity index (χ3v) is 2.61. The molecule has 0 aliphatic carbocycles. The zero-order valence-corrected chi connectivity index (χ0v) is 9.29. The molecule has 82 valence electrons. The smallest absolute Gasteiger partial charge is 0.306 e. The maximum absolute atomic E-state index is 11.3. The standard InChI is InChI=1S/C11H21NO2/c1-3-4-7-11(13)14-10-6-5-8-12(2)9-10/h10H,3-9H2,1-2H3/t10-/m0/s1. The number of hydrogen-bond acceptors (Lipinski definition) is 3. The van der Waals surface area contributed by atoms with Crippen LogP contribution in [-0.4, -0.2) is 37.1 Å². The molecule has 3 nitrogen and oxygen atoms in total. The minimum atomic E-state index is -0.0212. The number of carbonyl (C=O) groups is 1. The minimum absolute atomic E-state index is 0.0212. The van der Waals surface area contributed by atoms with Crippen LogP contribution in [0.2, 0.25) is 0 Å². The minimum Gasteiger partial charge on any atom is -0.461 e. The first-order chi connectivity index (χ1) is 6.72. The predicted molar refractivity (Wildman–Crippen MR) is 56.1 cm³/mol. The van der Waals surface area contributed by atoms with E-state index in [9.17, 15) is 4.79 Å². The fourth-order valence-corrected chi connectivity index (χ4v) is 1.78. The molecule has 0 aromatic heterocycles. The summed E-state index contributed by atoms with van der Waals surface area (Å²) in [4.78, 5) is 13.6. The molecule has 0 aromatic carbocycles. The molecule has 0 aromatic rings. The molecule has 1 heterocycles. The summed E-state index contributed by atoms with van der Waals surface area (Å²) in [6.45, 7) is 4.11. The Morgan fingerprint density at radius 2 is 2.36 bits per heavy atom. The number of unbranched alkanes of at least 4 members (excludes halogenated alkanes) is 1. The number of likely N-dealkylation sites (tertiary alicyclic amines) is 1. The average Bonchev–Trinajstić information content (AvgIpc) is 2.15. The van der Waals surface area contributed by atoms with Crippen molar-refractivity contribution < 1.29 is 9.53 Å². The second kappa shape index (κ2) is 6.02. The highest BCUT2D eigenvalue weighted by Gasteiger charge is 2.20. The summed E-state index contributed by atoms with van der Waals surface area (Å²) >= 11 is 0. The first-order valence-electron chi connectivity index (χ1n) is 5.60. The summed E-state index contributed by atoms with van der Waals surface area (Å²) in [5.74, 6) is -0.0212. The van der Waals surface area contributed by atoms with Crippen molar-refractivity contribution in [3.8, 4) is 0 Å². The van der Waals surface area contributed by atoms with Gasteiger partial charge < -0.3 is 9.64 Å². The number of nitrogens with zero attached hydrogens (tertiary/aromatic N) is 1. The highest BCUT2D eigenvalue weighted by atomic mass is 16.5. The largest absolute Gasteiger partial charge is 0.461 e. The molecule has 1 aliphatic heterocycles. The van der Waals surface area contributed by atoms with Gasteiger partial charge in [0.1, 0.15) is 6.10 Å². The number of esters is 1. The van der Waals surface area contributed by atoms with Crippen LogP contribution in [0, 0.1) is 0 Å². The predicted octanol–water partition coefficient (Wildman–Crippen LogP) is 1.81. The zero-order valence-electron chi connectivity index (χ0n) is 9.29. The lowest BCUT2D eigenvalue weighted by Crippen LogP contribution is -2.38. The van der Waals surface area contributed by atoms with E-state index in [0.29, 0.717) is 6.42 Å². The number of likely N-dealkylation sites (N-methyl/N-ethyl adjacent to an activating group) is 1. The summed E-state index contributed by atoms with van der Waals surface area (Å²) in [6.07, 6.45) is 4.89. The Kier molecular flexibility index (Phi) is 4.94. The summed E-state index contributed by atoms with van der Waals surface area (Å²) in [6, 6.07) is 0. The van der Waals surface area contributed by atoms with Gasteiger partial charge >= 0.3 is 5.97 Å². The summed E-state index contributed by atoms with van der Waals surface area (Å²) in [5, 5.41) is 0. The van der Waals surface area contributed by atoms with E-state index in [1.165, 1.54) is 0 Å². The highest BCUT2D eigenvalue weighted by molar-refractivity contribution is 5.69. The summed E-state index contributed by atoms with van der Waals surface area (Å²) in [5.41, 5.74) is 0. The van der Waals surface area contributed by atoms with Crippen molar-refractivity contribution in [2.75, 3.05) is 20.1 Å². The van der Waals surface area contributed by atoms with Crippen LogP contribution in [0.3, 0.4) is 0 Å². The van der Waals surface area contributed by atoms with Crippen LogP contribution in [0.5, 0.6) is 0 Å². The van der Waals surface area contributed by atoms with E-state index in [4.69, 9.17) is 4.74 Å². The van der Waals surface area contributed by atoms with Crippen molar-refractivity contribution in [1.82, 2.24) is 4.90 Å². The van der Waals surface area contributed by atoms with Crippen LogP contribution in [-0.2, 0) is 9.53 Å². The van der Waals surface area contributed by atoms with Crippen molar-refractivity contribution in [1.29, 1.82) is 0 Å². The molecule has 0 radical (unpaired) electrons. The molecule has 1 rings (SSSR count). The van der Waals surface area contributed by atoms with Gasteiger partial charge in [-0.2, -0.15) is 0 Å².